The normalized spacial score (nSPS) is 20.8. The van der Waals surface area contributed by atoms with Crippen LogP contribution in [0.15, 0.2) is 66.8 Å². The van der Waals surface area contributed by atoms with Crippen LogP contribution in [-0.4, -0.2) is 42.5 Å². The molecule has 1 atom stereocenters. The van der Waals surface area contributed by atoms with Gasteiger partial charge in [-0.15, -0.1) is 0 Å². The third kappa shape index (κ3) is 4.13. The fourth-order valence-corrected chi connectivity index (χ4v) is 5.41. The summed E-state index contributed by atoms with van der Waals surface area (Å²) in [6.07, 6.45) is 10.9. The van der Waals surface area contributed by atoms with Crippen molar-refractivity contribution in [3.8, 4) is 17.2 Å². The van der Waals surface area contributed by atoms with E-state index in [1.54, 1.807) is 17.1 Å². The molecular weight excluding hydrogens is 452 g/mol. The number of aromatic nitrogens is 4. The van der Waals surface area contributed by atoms with Gasteiger partial charge in [0.2, 0.25) is 0 Å². The lowest BCUT2D eigenvalue weighted by molar-refractivity contribution is 0.0399. The first-order valence-electron chi connectivity index (χ1n) is 12.1. The Labute approximate surface area is 209 Å². The molecule has 2 fully saturated rings. The fraction of sp³-hybridized carbons (Fsp3) is 0.286. The number of amides is 1. The van der Waals surface area contributed by atoms with Gasteiger partial charge in [-0.3, -0.25) is 9.58 Å². The molecule has 1 saturated heterocycles. The zero-order valence-corrected chi connectivity index (χ0v) is 20.1. The Morgan fingerprint density at radius 3 is 2.97 bits per heavy atom. The highest BCUT2D eigenvalue weighted by Crippen LogP contribution is 2.40. The van der Waals surface area contributed by atoms with Gasteiger partial charge in [-0.25, -0.2) is 9.78 Å². The summed E-state index contributed by atoms with van der Waals surface area (Å²) in [6.45, 7) is 1.08. The molecule has 8 heteroatoms. The number of carbonyl (C=O) groups excluding carboxylic acids is 1. The highest BCUT2D eigenvalue weighted by molar-refractivity contribution is 5.79. The molecule has 1 aliphatic heterocycles. The van der Waals surface area contributed by atoms with Crippen LogP contribution in [-0.2, 0) is 18.3 Å². The van der Waals surface area contributed by atoms with Crippen LogP contribution in [0.3, 0.4) is 0 Å². The molecule has 0 N–H and O–H groups in total. The minimum atomic E-state index is -0.504. The van der Waals surface area contributed by atoms with E-state index in [2.05, 4.69) is 34.5 Å². The van der Waals surface area contributed by atoms with Crippen molar-refractivity contribution in [2.45, 2.75) is 37.8 Å². The lowest BCUT2D eigenvalue weighted by atomic mass is 9.82. The van der Waals surface area contributed by atoms with Crippen LogP contribution in [0, 0.1) is 11.3 Å². The number of carbonyl (C=O) groups is 1. The van der Waals surface area contributed by atoms with Crippen LogP contribution in [0.2, 0.25) is 0 Å². The number of nitrogens with zero attached hydrogens (tertiary/aromatic N) is 6. The zero-order valence-electron chi connectivity index (χ0n) is 20.1. The van der Waals surface area contributed by atoms with E-state index >= 15 is 0 Å². The number of benzene rings is 2. The molecule has 0 bridgehead atoms. The van der Waals surface area contributed by atoms with E-state index in [4.69, 9.17) is 4.74 Å². The molecule has 36 heavy (non-hydrogen) atoms. The van der Waals surface area contributed by atoms with Crippen LogP contribution >= 0.6 is 0 Å². The number of aryl methyl sites for hydroxylation is 1. The SMILES string of the molecule is Cn1cc(-c2cccc(CN3C[C@@]4(CCC/C(=C\n5cnc6ccc(C#N)cc65)C4)OC3=O)c2)cn1. The quantitative estimate of drug-likeness (QED) is 0.406. The number of hydrogen-bond donors (Lipinski definition) is 0. The first-order chi connectivity index (χ1) is 17.5. The van der Waals surface area contributed by atoms with E-state index in [-0.39, 0.29) is 6.09 Å². The molecule has 1 saturated carbocycles. The molecule has 1 aliphatic carbocycles. The second kappa shape index (κ2) is 8.68. The largest absolute Gasteiger partial charge is 0.441 e. The maximum atomic E-state index is 12.9. The second-order valence-electron chi connectivity index (χ2n) is 9.79. The number of fused-ring (bicyclic) bond motifs is 1. The fourth-order valence-electron chi connectivity index (χ4n) is 5.41. The monoisotopic (exact) mass is 478 g/mol. The maximum Gasteiger partial charge on any atom is 0.410 e. The average molecular weight is 479 g/mol. The Bertz CT molecular complexity index is 1540. The summed E-state index contributed by atoms with van der Waals surface area (Å²) in [5, 5.41) is 13.5. The van der Waals surface area contributed by atoms with Crippen LogP contribution < -0.4 is 0 Å². The molecule has 4 aromatic rings. The smallest absolute Gasteiger partial charge is 0.410 e. The van der Waals surface area contributed by atoms with Crippen molar-refractivity contribution in [3.05, 3.63) is 77.9 Å². The predicted octanol–water partition coefficient (Wildman–Crippen LogP) is 5.11. The van der Waals surface area contributed by atoms with E-state index in [0.717, 1.165) is 47.0 Å². The number of rotatable bonds is 4. The summed E-state index contributed by atoms with van der Waals surface area (Å²) >= 11 is 0. The Morgan fingerprint density at radius 1 is 1.22 bits per heavy atom. The van der Waals surface area contributed by atoms with Gasteiger partial charge in [-0.2, -0.15) is 10.4 Å². The highest BCUT2D eigenvalue weighted by atomic mass is 16.6. The summed E-state index contributed by atoms with van der Waals surface area (Å²) in [5.41, 5.74) is 6.27. The third-order valence-corrected chi connectivity index (χ3v) is 7.08. The summed E-state index contributed by atoms with van der Waals surface area (Å²) in [7, 11) is 1.90. The number of hydrogen-bond acceptors (Lipinski definition) is 5. The van der Waals surface area contributed by atoms with Crippen LogP contribution in [0.1, 0.15) is 36.8 Å². The standard InChI is InChI=1S/C28H26N6O2/c1-32-17-24(14-31-32)23-6-2-4-21(10-23)15-33-18-28(36-27(33)35)9-3-5-22(12-28)16-34-19-30-25-8-7-20(13-29)11-26(25)34/h2,4,6-8,10-11,14,16-17,19H,3,5,9,12,15,18H2,1H3/b22-16+/t28-/m0/s1. The Kier molecular flexibility index (Phi) is 5.33. The van der Waals surface area contributed by atoms with Crippen LogP contribution in [0.5, 0.6) is 0 Å². The lowest BCUT2D eigenvalue weighted by Crippen LogP contribution is -2.37. The van der Waals surface area contributed by atoms with Gasteiger partial charge in [0.25, 0.3) is 0 Å². The summed E-state index contributed by atoms with van der Waals surface area (Å²) in [4.78, 5) is 19.2. The Hall–Kier alpha value is -4.38. The van der Waals surface area contributed by atoms with Crippen molar-refractivity contribution in [3.63, 3.8) is 0 Å². The van der Waals surface area contributed by atoms with Gasteiger partial charge in [-0.1, -0.05) is 18.2 Å². The van der Waals surface area contributed by atoms with Crippen LogP contribution in [0.25, 0.3) is 28.4 Å². The van der Waals surface area contributed by atoms with E-state index in [1.807, 2.05) is 53.2 Å². The van der Waals surface area contributed by atoms with Gasteiger partial charge in [0.1, 0.15) is 5.60 Å². The third-order valence-electron chi connectivity index (χ3n) is 7.08. The van der Waals surface area contributed by atoms with Crippen LogP contribution in [0.4, 0.5) is 4.79 Å². The molecule has 3 heterocycles. The molecule has 0 unspecified atom stereocenters. The molecular formula is C28H26N6O2. The van der Waals surface area contributed by atoms with Crippen molar-refractivity contribution >= 4 is 23.3 Å². The van der Waals surface area contributed by atoms with Crippen molar-refractivity contribution < 1.29 is 9.53 Å². The molecule has 2 aromatic heterocycles. The van der Waals surface area contributed by atoms with E-state index < -0.39 is 5.60 Å². The number of ether oxygens (including phenoxy) is 1. The van der Waals surface area contributed by atoms with Gasteiger partial charge < -0.3 is 9.30 Å². The van der Waals surface area contributed by atoms with Crippen molar-refractivity contribution in [1.29, 1.82) is 5.26 Å². The van der Waals surface area contributed by atoms with Gasteiger partial charge >= 0.3 is 6.09 Å². The molecule has 180 valence electrons. The molecule has 2 aliphatic rings. The van der Waals surface area contributed by atoms with Gasteiger partial charge in [0, 0.05) is 38.0 Å². The first kappa shape index (κ1) is 22.1. The van der Waals surface area contributed by atoms with E-state index in [1.165, 1.54) is 5.57 Å². The second-order valence-corrected chi connectivity index (χ2v) is 9.79. The van der Waals surface area contributed by atoms with E-state index in [0.29, 0.717) is 25.1 Å². The molecule has 8 nitrogen and oxygen atoms in total. The lowest BCUT2D eigenvalue weighted by Gasteiger charge is -2.32. The van der Waals surface area contributed by atoms with Crippen molar-refractivity contribution in [2.24, 2.45) is 7.05 Å². The maximum absolute atomic E-state index is 12.9. The Morgan fingerprint density at radius 2 is 2.14 bits per heavy atom. The Balaban J connectivity index is 1.20. The molecule has 1 spiro atoms. The molecule has 1 amide bonds. The highest BCUT2D eigenvalue weighted by Gasteiger charge is 2.46. The van der Waals surface area contributed by atoms with Crippen molar-refractivity contribution in [2.75, 3.05) is 6.54 Å². The topological polar surface area (TPSA) is 89.0 Å². The zero-order chi connectivity index (χ0) is 24.7. The minimum Gasteiger partial charge on any atom is -0.441 e. The van der Waals surface area contributed by atoms with Gasteiger partial charge in [-0.05, 0) is 60.2 Å². The molecule has 6 rings (SSSR count). The summed E-state index contributed by atoms with van der Waals surface area (Å²) in [6, 6.07) is 15.9. The average Bonchev–Trinajstić information content (AvgIpc) is 3.57. The van der Waals surface area contributed by atoms with Crippen molar-refractivity contribution in [1.82, 2.24) is 24.2 Å². The first-order valence-corrected chi connectivity index (χ1v) is 12.1. The summed E-state index contributed by atoms with van der Waals surface area (Å²) in [5.74, 6) is 0. The van der Waals surface area contributed by atoms with Gasteiger partial charge in [0.05, 0.1) is 41.7 Å². The molecule has 2 aromatic carbocycles. The predicted molar refractivity (Wildman–Crippen MR) is 135 cm³/mol. The summed E-state index contributed by atoms with van der Waals surface area (Å²) < 4.78 is 9.79. The van der Waals surface area contributed by atoms with E-state index in [9.17, 15) is 10.1 Å². The number of nitriles is 1. The minimum absolute atomic E-state index is 0.255. The number of imidazole rings is 1. The van der Waals surface area contributed by atoms with Gasteiger partial charge in [0.15, 0.2) is 0 Å². The molecule has 0 radical (unpaired) electrons.